The lowest BCUT2D eigenvalue weighted by Gasteiger charge is -2.11. The molecule has 0 aromatic heterocycles. The van der Waals surface area contributed by atoms with E-state index in [9.17, 15) is 17.6 Å². The van der Waals surface area contributed by atoms with Crippen molar-refractivity contribution in [1.82, 2.24) is 10.0 Å². The molecular weight excluding hydrogens is 347 g/mol. The number of methoxy groups -OCH3 is 1. The number of hydrogen-bond donors (Lipinski definition) is 2. The molecule has 0 fully saturated rings. The molecule has 0 bridgehead atoms. The van der Waals surface area contributed by atoms with Crippen molar-refractivity contribution in [3.63, 3.8) is 0 Å². The largest absolute Gasteiger partial charge is 0.496 e. The number of sulfonamides is 1. The summed E-state index contributed by atoms with van der Waals surface area (Å²) >= 11 is 0. The molecule has 2 aromatic rings. The van der Waals surface area contributed by atoms with Crippen LogP contribution in [0.2, 0.25) is 0 Å². The number of amides is 1. The lowest BCUT2D eigenvalue weighted by Crippen LogP contribution is -2.26. The number of hydrogen-bond acceptors (Lipinski definition) is 4. The van der Waals surface area contributed by atoms with Gasteiger partial charge in [0.1, 0.15) is 11.6 Å². The summed E-state index contributed by atoms with van der Waals surface area (Å²) in [7, 11) is -0.939. The first-order valence-electron chi connectivity index (χ1n) is 7.51. The first kappa shape index (κ1) is 18.9. The number of rotatable bonds is 7. The van der Waals surface area contributed by atoms with Gasteiger partial charge in [0.15, 0.2) is 0 Å². The molecule has 2 aromatic carbocycles. The lowest BCUT2D eigenvalue weighted by molar-refractivity contribution is 0.0960. The van der Waals surface area contributed by atoms with Crippen molar-refractivity contribution in [3.05, 3.63) is 59.4 Å². The Balaban J connectivity index is 2.13. The minimum absolute atomic E-state index is 0.0361. The number of nitrogens with one attached hydrogen (secondary N) is 2. The van der Waals surface area contributed by atoms with Crippen LogP contribution < -0.4 is 14.8 Å². The molecule has 25 heavy (non-hydrogen) atoms. The van der Waals surface area contributed by atoms with E-state index in [4.69, 9.17) is 4.74 Å². The summed E-state index contributed by atoms with van der Waals surface area (Å²) in [5.41, 5.74) is 0.941. The molecule has 8 heteroatoms. The number of carbonyl (C=O) groups is 1. The van der Waals surface area contributed by atoms with E-state index in [1.165, 1.54) is 44.5 Å². The second kappa shape index (κ2) is 8.09. The van der Waals surface area contributed by atoms with Crippen LogP contribution >= 0.6 is 0 Å². The molecule has 0 aliphatic rings. The molecule has 1 amide bonds. The quantitative estimate of drug-likeness (QED) is 0.781. The second-order valence-electron chi connectivity index (χ2n) is 5.22. The normalized spacial score (nSPS) is 11.2. The molecule has 0 spiro atoms. The summed E-state index contributed by atoms with van der Waals surface area (Å²) in [5, 5.41) is 2.44. The Morgan fingerprint density at radius 1 is 1.16 bits per heavy atom. The molecule has 134 valence electrons. The Hall–Kier alpha value is -2.45. The number of benzene rings is 2. The Morgan fingerprint density at radius 2 is 1.84 bits per heavy atom. The summed E-state index contributed by atoms with van der Waals surface area (Å²) in [4.78, 5) is 11.8. The van der Waals surface area contributed by atoms with Crippen molar-refractivity contribution in [2.45, 2.75) is 11.3 Å². The van der Waals surface area contributed by atoms with E-state index in [0.717, 1.165) is 5.56 Å². The summed E-state index contributed by atoms with van der Waals surface area (Å²) in [6.45, 7) is 0.148. The zero-order valence-electron chi connectivity index (χ0n) is 13.9. The number of carbonyl (C=O) groups excluding carboxylic acids is 1. The fraction of sp³-hybridized carbons (Fsp3) is 0.235. The summed E-state index contributed by atoms with van der Waals surface area (Å²) < 4.78 is 45.2. The standard InChI is InChI=1S/C17H19FN2O4S/c1-19-17(21)15-11-14(7-8-16(15)24-2)25(22,23)20-10-9-12-3-5-13(18)6-4-12/h3-8,11,20H,9-10H2,1-2H3,(H,19,21). The van der Waals surface area contributed by atoms with E-state index in [1.807, 2.05) is 0 Å². The zero-order valence-corrected chi connectivity index (χ0v) is 14.7. The SMILES string of the molecule is CNC(=O)c1cc(S(=O)(=O)NCCc2ccc(F)cc2)ccc1OC. The molecule has 0 saturated heterocycles. The highest BCUT2D eigenvalue weighted by Gasteiger charge is 2.19. The average molecular weight is 366 g/mol. The second-order valence-corrected chi connectivity index (χ2v) is 6.98. The van der Waals surface area contributed by atoms with Crippen molar-refractivity contribution in [2.75, 3.05) is 20.7 Å². The molecule has 0 aliphatic heterocycles. The van der Waals surface area contributed by atoms with Gasteiger partial charge in [0.25, 0.3) is 5.91 Å². The monoisotopic (exact) mass is 366 g/mol. The van der Waals surface area contributed by atoms with Crippen LogP contribution in [0.4, 0.5) is 4.39 Å². The average Bonchev–Trinajstić information content (AvgIpc) is 2.62. The van der Waals surface area contributed by atoms with E-state index in [-0.39, 0.29) is 28.6 Å². The van der Waals surface area contributed by atoms with Gasteiger partial charge in [-0.05, 0) is 42.3 Å². The highest BCUT2D eigenvalue weighted by Crippen LogP contribution is 2.22. The molecule has 0 unspecified atom stereocenters. The van der Waals surface area contributed by atoms with Gasteiger partial charge < -0.3 is 10.1 Å². The van der Waals surface area contributed by atoms with Crippen LogP contribution in [-0.2, 0) is 16.4 Å². The smallest absolute Gasteiger partial charge is 0.254 e. The van der Waals surface area contributed by atoms with E-state index in [0.29, 0.717) is 6.42 Å². The van der Waals surface area contributed by atoms with E-state index < -0.39 is 15.9 Å². The van der Waals surface area contributed by atoms with Gasteiger partial charge in [0.05, 0.1) is 17.6 Å². The molecule has 0 radical (unpaired) electrons. The Bertz CT molecular complexity index is 851. The summed E-state index contributed by atoms with van der Waals surface area (Å²) in [5.74, 6) is -0.505. The molecule has 0 heterocycles. The van der Waals surface area contributed by atoms with Gasteiger partial charge >= 0.3 is 0 Å². The third-order valence-corrected chi connectivity index (χ3v) is 5.03. The first-order chi connectivity index (χ1) is 11.9. The fourth-order valence-electron chi connectivity index (χ4n) is 2.23. The van der Waals surface area contributed by atoms with Crippen LogP contribution in [-0.4, -0.2) is 35.0 Å². The van der Waals surface area contributed by atoms with E-state index in [1.54, 1.807) is 12.1 Å². The Labute approximate surface area is 146 Å². The third kappa shape index (κ3) is 4.77. The van der Waals surface area contributed by atoms with E-state index in [2.05, 4.69) is 10.0 Å². The minimum atomic E-state index is -3.79. The van der Waals surface area contributed by atoms with Gasteiger partial charge in [0, 0.05) is 13.6 Å². The van der Waals surface area contributed by atoms with Crippen LogP contribution in [0, 0.1) is 5.82 Å². The number of ether oxygens (including phenoxy) is 1. The van der Waals surface area contributed by atoms with Gasteiger partial charge in [-0.15, -0.1) is 0 Å². The maximum absolute atomic E-state index is 12.9. The summed E-state index contributed by atoms with van der Waals surface area (Å²) in [6.07, 6.45) is 0.415. The van der Waals surface area contributed by atoms with Gasteiger partial charge in [0.2, 0.25) is 10.0 Å². The van der Waals surface area contributed by atoms with Crippen molar-refractivity contribution < 1.29 is 22.3 Å². The molecular formula is C17H19FN2O4S. The minimum Gasteiger partial charge on any atom is -0.496 e. The lowest BCUT2D eigenvalue weighted by atomic mass is 10.1. The van der Waals surface area contributed by atoms with Crippen LogP contribution in [0.15, 0.2) is 47.4 Å². The van der Waals surface area contributed by atoms with Crippen molar-refractivity contribution >= 4 is 15.9 Å². The summed E-state index contributed by atoms with van der Waals surface area (Å²) in [6, 6.07) is 9.90. The highest BCUT2D eigenvalue weighted by molar-refractivity contribution is 7.89. The molecule has 6 nitrogen and oxygen atoms in total. The predicted octanol–water partition coefficient (Wildman–Crippen LogP) is 1.71. The molecule has 0 atom stereocenters. The van der Waals surface area contributed by atoms with Gasteiger partial charge in [-0.1, -0.05) is 12.1 Å². The fourth-order valence-corrected chi connectivity index (χ4v) is 3.29. The van der Waals surface area contributed by atoms with Crippen molar-refractivity contribution in [2.24, 2.45) is 0 Å². The topological polar surface area (TPSA) is 84.5 Å². The molecule has 2 rings (SSSR count). The molecule has 0 aliphatic carbocycles. The zero-order chi connectivity index (χ0) is 18.4. The highest BCUT2D eigenvalue weighted by atomic mass is 32.2. The maximum atomic E-state index is 12.9. The molecule has 2 N–H and O–H groups in total. The van der Waals surface area contributed by atoms with E-state index >= 15 is 0 Å². The first-order valence-corrected chi connectivity index (χ1v) is 9.00. The number of halogens is 1. The van der Waals surface area contributed by atoms with Crippen molar-refractivity contribution in [3.8, 4) is 5.75 Å². The third-order valence-electron chi connectivity index (χ3n) is 3.57. The molecule has 0 saturated carbocycles. The van der Waals surface area contributed by atoms with Gasteiger partial charge in [-0.2, -0.15) is 0 Å². The van der Waals surface area contributed by atoms with Crippen molar-refractivity contribution in [1.29, 1.82) is 0 Å². The van der Waals surface area contributed by atoms with Crippen LogP contribution in [0.5, 0.6) is 5.75 Å². The Kier molecular flexibility index (Phi) is 6.11. The van der Waals surface area contributed by atoms with Crippen LogP contribution in [0.25, 0.3) is 0 Å². The van der Waals surface area contributed by atoms with Crippen LogP contribution in [0.3, 0.4) is 0 Å². The van der Waals surface area contributed by atoms with Gasteiger partial charge in [-0.25, -0.2) is 17.5 Å². The van der Waals surface area contributed by atoms with Crippen LogP contribution in [0.1, 0.15) is 15.9 Å². The maximum Gasteiger partial charge on any atom is 0.254 e. The van der Waals surface area contributed by atoms with Gasteiger partial charge in [-0.3, -0.25) is 4.79 Å². The Morgan fingerprint density at radius 3 is 2.44 bits per heavy atom. The predicted molar refractivity (Wildman–Crippen MR) is 91.7 cm³/mol.